The molecule has 0 aliphatic heterocycles. The topological polar surface area (TPSA) is 68.0 Å². The van der Waals surface area contributed by atoms with E-state index in [1.54, 1.807) is 23.8 Å². The number of rotatable bonds is 5. The van der Waals surface area contributed by atoms with Gasteiger partial charge in [0.05, 0.1) is 16.7 Å². The number of carbonyl (C=O) groups excluding carboxylic acids is 1. The molecule has 1 unspecified atom stereocenters. The maximum Gasteiger partial charge on any atom is 0.239 e. The van der Waals surface area contributed by atoms with Crippen LogP contribution in [0.5, 0.6) is 0 Å². The third kappa shape index (κ3) is 3.60. The zero-order valence-electron chi connectivity index (χ0n) is 9.12. The first-order valence-electron chi connectivity index (χ1n) is 5.00. The molecule has 1 amide bonds. The molecule has 0 fully saturated rings. The van der Waals surface area contributed by atoms with E-state index >= 15 is 0 Å². The molecule has 15 heavy (non-hydrogen) atoms. The Labute approximate surface area is 93.9 Å². The lowest BCUT2D eigenvalue weighted by molar-refractivity contribution is -0.125. The molecular weight excluding hydrogens is 210 g/mol. The van der Waals surface area contributed by atoms with Crippen molar-refractivity contribution in [3.8, 4) is 0 Å². The molecule has 0 spiro atoms. The number of hydrogen-bond acceptors (Lipinski definition) is 4. The fourth-order valence-corrected chi connectivity index (χ4v) is 1.62. The summed E-state index contributed by atoms with van der Waals surface area (Å²) < 4.78 is 0. The van der Waals surface area contributed by atoms with Crippen LogP contribution in [0.25, 0.3) is 0 Å². The van der Waals surface area contributed by atoms with Gasteiger partial charge in [0.25, 0.3) is 0 Å². The first-order chi connectivity index (χ1) is 7.06. The lowest BCUT2D eigenvalue weighted by Crippen LogP contribution is -2.51. The molecule has 0 saturated heterocycles. The molecule has 0 aliphatic carbocycles. The SMILES string of the molecule is CCC(C)(N)C(=O)NCCc1cscn1. The summed E-state index contributed by atoms with van der Waals surface area (Å²) in [7, 11) is 0. The van der Waals surface area contributed by atoms with E-state index in [0.29, 0.717) is 13.0 Å². The van der Waals surface area contributed by atoms with Crippen LogP contribution in [0.2, 0.25) is 0 Å². The molecule has 0 saturated carbocycles. The molecule has 3 N–H and O–H groups in total. The minimum absolute atomic E-state index is 0.0970. The van der Waals surface area contributed by atoms with Gasteiger partial charge >= 0.3 is 0 Å². The summed E-state index contributed by atoms with van der Waals surface area (Å²) in [5.74, 6) is -0.0970. The second-order valence-corrected chi connectivity index (χ2v) is 4.48. The molecule has 5 heteroatoms. The fourth-order valence-electron chi connectivity index (χ4n) is 1.03. The molecule has 1 aromatic heterocycles. The average Bonchev–Trinajstić information content (AvgIpc) is 2.70. The first kappa shape index (κ1) is 12.1. The second kappa shape index (κ2) is 5.23. The number of aromatic nitrogens is 1. The van der Waals surface area contributed by atoms with Crippen LogP contribution in [0, 0.1) is 0 Å². The largest absolute Gasteiger partial charge is 0.354 e. The maximum absolute atomic E-state index is 11.6. The summed E-state index contributed by atoms with van der Waals surface area (Å²) in [4.78, 5) is 15.7. The molecule has 4 nitrogen and oxygen atoms in total. The van der Waals surface area contributed by atoms with Crippen LogP contribution in [0.3, 0.4) is 0 Å². The number of carbonyl (C=O) groups is 1. The van der Waals surface area contributed by atoms with Crippen LogP contribution in [-0.2, 0) is 11.2 Å². The lowest BCUT2D eigenvalue weighted by Gasteiger charge is -2.21. The summed E-state index contributed by atoms with van der Waals surface area (Å²) in [6.45, 7) is 4.24. The fraction of sp³-hybridized carbons (Fsp3) is 0.600. The summed E-state index contributed by atoms with van der Waals surface area (Å²) >= 11 is 1.56. The molecule has 0 radical (unpaired) electrons. The zero-order valence-corrected chi connectivity index (χ0v) is 9.93. The van der Waals surface area contributed by atoms with Gasteiger partial charge in [0.2, 0.25) is 5.91 Å². The van der Waals surface area contributed by atoms with Crippen molar-refractivity contribution >= 4 is 17.2 Å². The highest BCUT2D eigenvalue weighted by Gasteiger charge is 2.25. The van der Waals surface area contributed by atoms with Crippen molar-refractivity contribution in [1.29, 1.82) is 0 Å². The Bertz CT molecular complexity index is 308. The van der Waals surface area contributed by atoms with Crippen molar-refractivity contribution in [3.05, 3.63) is 16.6 Å². The van der Waals surface area contributed by atoms with E-state index in [1.165, 1.54) is 0 Å². The minimum Gasteiger partial charge on any atom is -0.354 e. The Morgan fingerprint density at radius 2 is 2.47 bits per heavy atom. The van der Waals surface area contributed by atoms with E-state index in [4.69, 9.17) is 5.73 Å². The molecule has 0 aliphatic rings. The van der Waals surface area contributed by atoms with Crippen LogP contribution >= 0.6 is 11.3 Å². The molecular formula is C10H17N3OS. The highest BCUT2D eigenvalue weighted by atomic mass is 32.1. The Balaban J connectivity index is 2.29. The summed E-state index contributed by atoms with van der Waals surface area (Å²) in [6, 6.07) is 0. The Kier molecular flexibility index (Phi) is 4.23. The molecule has 0 aromatic carbocycles. The van der Waals surface area contributed by atoms with Gasteiger partial charge < -0.3 is 11.1 Å². The third-order valence-electron chi connectivity index (χ3n) is 2.40. The van der Waals surface area contributed by atoms with Gasteiger partial charge in [0, 0.05) is 18.3 Å². The highest BCUT2D eigenvalue weighted by Crippen LogP contribution is 2.04. The highest BCUT2D eigenvalue weighted by molar-refractivity contribution is 7.07. The Morgan fingerprint density at radius 1 is 1.73 bits per heavy atom. The molecule has 0 bridgehead atoms. The van der Waals surface area contributed by atoms with Gasteiger partial charge in [0.15, 0.2) is 0 Å². The number of nitrogens with two attached hydrogens (primary N) is 1. The maximum atomic E-state index is 11.6. The van der Waals surface area contributed by atoms with Gasteiger partial charge in [-0.3, -0.25) is 4.79 Å². The van der Waals surface area contributed by atoms with Crippen molar-refractivity contribution in [3.63, 3.8) is 0 Å². The number of nitrogens with one attached hydrogen (secondary N) is 1. The first-order valence-corrected chi connectivity index (χ1v) is 5.95. The third-order valence-corrected chi connectivity index (χ3v) is 3.04. The van der Waals surface area contributed by atoms with Crippen molar-refractivity contribution in [2.75, 3.05) is 6.54 Å². The Hall–Kier alpha value is -0.940. The normalized spacial score (nSPS) is 14.6. The average molecular weight is 227 g/mol. The van der Waals surface area contributed by atoms with Crippen molar-refractivity contribution in [2.24, 2.45) is 5.73 Å². The minimum atomic E-state index is -0.762. The monoisotopic (exact) mass is 227 g/mol. The predicted molar refractivity (Wildman–Crippen MR) is 61.7 cm³/mol. The summed E-state index contributed by atoms with van der Waals surface area (Å²) in [5, 5.41) is 4.79. The van der Waals surface area contributed by atoms with Crippen LogP contribution in [0.1, 0.15) is 26.0 Å². The van der Waals surface area contributed by atoms with Crippen molar-refractivity contribution in [2.45, 2.75) is 32.2 Å². The van der Waals surface area contributed by atoms with Crippen LogP contribution in [0.15, 0.2) is 10.9 Å². The zero-order chi connectivity index (χ0) is 11.3. The van der Waals surface area contributed by atoms with Crippen molar-refractivity contribution in [1.82, 2.24) is 10.3 Å². The van der Waals surface area contributed by atoms with Gasteiger partial charge in [-0.05, 0) is 13.3 Å². The number of thiazole rings is 1. The van der Waals surface area contributed by atoms with Gasteiger partial charge in [-0.25, -0.2) is 4.98 Å². The van der Waals surface area contributed by atoms with Crippen LogP contribution in [0.4, 0.5) is 0 Å². The van der Waals surface area contributed by atoms with E-state index in [2.05, 4.69) is 10.3 Å². The number of hydrogen-bond donors (Lipinski definition) is 2. The molecule has 1 heterocycles. The van der Waals surface area contributed by atoms with Gasteiger partial charge in [-0.15, -0.1) is 11.3 Å². The molecule has 1 aromatic rings. The number of amides is 1. The predicted octanol–water partition coefficient (Wildman–Crippen LogP) is 0.929. The standard InChI is InChI=1S/C10H17N3OS/c1-3-10(2,11)9(14)12-5-4-8-6-15-7-13-8/h6-7H,3-5,11H2,1-2H3,(H,12,14). The van der Waals surface area contributed by atoms with E-state index in [1.807, 2.05) is 12.3 Å². The summed E-state index contributed by atoms with van der Waals surface area (Å²) in [5.41, 5.74) is 7.83. The van der Waals surface area contributed by atoms with Crippen molar-refractivity contribution < 1.29 is 4.79 Å². The van der Waals surface area contributed by atoms with E-state index in [0.717, 1.165) is 12.1 Å². The Morgan fingerprint density at radius 3 is 3.00 bits per heavy atom. The quantitative estimate of drug-likeness (QED) is 0.786. The van der Waals surface area contributed by atoms with E-state index in [9.17, 15) is 4.79 Å². The molecule has 1 rings (SSSR count). The van der Waals surface area contributed by atoms with Crippen LogP contribution < -0.4 is 11.1 Å². The van der Waals surface area contributed by atoms with Crippen LogP contribution in [-0.4, -0.2) is 23.0 Å². The van der Waals surface area contributed by atoms with Gasteiger partial charge in [-0.1, -0.05) is 6.92 Å². The van der Waals surface area contributed by atoms with Gasteiger partial charge in [0.1, 0.15) is 0 Å². The summed E-state index contributed by atoms with van der Waals surface area (Å²) in [6.07, 6.45) is 1.39. The lowest BCUT2D eigenvalue weighted by atomic mass is 9.99. The number of nitrogens with zero attached hydrogens (tertiary/aromatic N) is 1. The molecule has 1 atom stereocenters. The smallest absolute Gasteiger partial charge is 0.239 e. The van der Waals surface area contributed by atoms with E-state index in [-0.39, 0.29) is 5.91 Å². The molecule has 84 valence electrons. The second-order valence-electron chi connectivity index (χ2n) is 3.76. The van der Waals surface area contributed by atoms with Gasteiger partial charge in [-0.2, -0.15) is 0 Å². The van der Waals surface area contributed by atoms with E-state index < -0.39 is 5.54 Å².